The van der Waals surface area contributed by atoms with Crippen molar-refractivity contribution in [3.8, 4) is 51.0 Å². The van der Waals surface area contributed by atoms with E-state index >= 15 is 0 Å². The van der Waals surface area contributed by atoms with Gasteiger partial charge < -0.3 is 4.42 Å². The van der Waals surface area contributed by atoms with Crippen molar-refractivity contribution in [2.24, 2.45) is 0 Å². The van der Waals surface area contributed by atoms with Crippen LogP contribution in [0.1, 0.15) is 0 Å². The fraction of sp³-hybridized carbons (Fsp3) is 0. The molecule has 4 aromatic heterocycles. The molecule has 0 aliphatic heterocycles. The summed E-state index contributed by atoms with van der Waals surface area (Å²) < 4.78 is 9.11. The molecule has 6 aromatic carbocycles. The third kappa shape index (κ3) is 4.50. The maximum atomic E-state index is 6.91. The van der Waals surface area contributed by atoms with E-state index < -0.39 is 0 Å². The van der Waals surface area contributed by atoms with Crippen LogP contribution < -0.4 is 0 Å². The highest BCUT2D eigenvalue weighted by atomic mass is 16.3. The summed E-state index contributed by atoms with van der Waals surface area (Å²) in [4.78, 5) is 20.0. The Morgan fingerprint density at radius 2 is 1.02 bits per heavy atom. The molecule has 0 bridgehead atoms. The third-order valence-electron chi connectivity index (χ3n) is 9.31. The Balaban J connectivity index is 1.20. The summed E-state index contributed by atoms with van der Waals surface area (Å²) in [5, 5.41) is 4.24. The SMILES string of the molecule is c1ccc(-c2cccc(-c3nc(-c4ccccc4)nc(-c4cccc5c4oc4c(-n6c7ccccc7c7cccnc76)cccc45)n3)c2)cc1. The first-order valence-electron chi connectivity index (χ1n) is 16.6. The summed E-state index contributed by atoms with van der Waals surface area (Å²) in [6.45, 7) is 0. The molecule has 0 aliphatic carbocycles. The van der Waals surface area contributed by atoms with Gasteiger partial charge in [0.2, 0.25) is 0 Å². The van der Waals surface area contributed by atoms with Crippen LogP contribution in [0.15, 0.2) is 168 Å². The van der Waals surface area contributed by atoms with E-state index in [1.165, 1.54) is 0 Å². The highest BCUT2D eigenvalue weighted by Crippen LogP contribution is 2.40. The molecule has 0 unspecified atom stereocenters. The highest BCUT2D eigenvalue weighted by molar-refractivity contribution is 6.13. The second-order valence-corrected chi connectivity index (χ2v) is 12.3. The van der Waals surface area contributed by atoms with Gasteiger partial charge in [-0.3, -0.25) is 4.57 Å². The first kappa shape index (κ1) is 28.1. The van der Waals surface area contributed by atoms with Crippen LogP contribution in [0.3, 0.4) is 0 Å². The Hall–Kier alpha value is -6.92. The minimum Gasteiger partial charge on any atom is -0.453 e. The van der Waals surface area contributed by atoms with Crippen molar-refractivity contribution in [2.75, 3.05) is 0 Å². The lowest BCUT2D eigenvalue weighted by molar-refractivity contribution is 0.667. The quantitative estimate of drug-likeness (QED) is 0.187. The van der Waals surface area contributed by atoms with Gasteiger partial charge in [-0.25, -0.2) is 19.9 Å². The van der Waals surface area contributed by atoms with E-state index in [9.17, 15) is 0 Å². The second-order valence-electron chi connectivity index (χ2n) is 12.3. The zero-order chi connectivity index (χ0) is 33.0. The number of nitrogens with zero attached hydrogens (tertiary/aromatic N) is 5. The fourth-order valence-corrected chi connectivity index (χ4v) is 7.01. The standard InChI is InChI=1S/C44H27N5O/c1-3-13-28(14-4-1)30-17-9-18-31(27-30)42-46-41(29-15-5-2-6-16-29)47-43(48-42)36-22-10-20-33-34-21-11-25-38(40(34)50-39(33)36)49-37-24-8-7-19-32(37)35-23-12-26-45-44(35)49/h1-27H. The number of fused-ring (bicyclic) bond motifs is 6. The Kier molecular flexibility index (Phi) is 6.39. The van der Waals surface area contributed by atoms with Crippen LogP contribution in [0.5, 0.6) is 0 Å². The smallest absolute Gasteiger partial charge is 0.167 e. The van der Waals surface area contributed by atoms with Crippen molar-refractivity contribution in [3.05, 3.63) is 164 Å². The third-order valence-corrected chi connectivity index (χ3v) is 9.31. The van der Waals surface area contributed by atoms with Gasteiger partial charge in [-0.1, -0.05) is 121 Å². The molecule has 0 saturated heterocycles. The van der Waals surface area contributed by atoms with E-state index in [1.54, 1.807) is 0 Å². The van der Waals surface area contributed by atoms with Crippen molar-refractivity contribution in [2.45, 2.75) is 0 Å². The fourth-order valence-electron chi connectivity index (χ4n) is 7.01. The first-order chi connectivity index (χ1) is 24.8. The van der Waals surface area contributed by atoms with E-state index in [1.807, 2.05) is 85.1 Å². The molecular formula is C44H27N5O. The molecule has 0 atom stereocenters. The predicted molar refractivity (Wildman–Crippen MR) is 201 cm³/mol. The monoisotopic (exact) mass is 641 g/mol. The number of pyridine rings is 1. The van der Waals surface area contributed by atoms with Crippen LogP contribution in [0.25, 0.3) is 94.9 Å². The molecule has 0 N–H and O–H groups in total. The normalized spacial score (nSPS) is 11.6. The Bertz CT molecular complexity index is 2820. The van der Waals surface area contributed by atoms with Crippen molar-refractivity contribution in [3.63, 3.8) is 0 Å². The molecule has 234 valence electrons. The largest absolute Gasteiger partial charge is 0.453 e. The van der Waals surface area contributed by atoms with E-state index in [2.05, 4.69) is 83.4 Å². The lowest BCUT2D eigenvalue weighted by Crippen LogP contribution is -2.00. The summed E-state index contributed by atoms with van der Waals surface area (Å²) in [5.74, 6) is 1.74. The van der Waals surface area contributed by atoms with Gasteiger partial charge in [0, 0.05) is 38.9 Å². The minimum atomic E-state index is 0.545. The summed E-state index contributed by atoms with van der Waals surface area (Å²) in [6, 6.07) is 53.7. The lowest BCUT2D eigenvalue weighted by Gasteiger charge is -2.10. The molecule has 0 radical (unpaired) electrons. The lowest BCUT2D eigenvalue weighted by atomic mass is 10.0. The molecule has 0 amide bonds. The molecule has 6 nitrogen and oxygen atoms in total. The summed E-state index contributed by atoms with van der Waals surface area (Å²) in [5.41, 5.74) is 9.22. The number of rotatable bonds is 5. The Morgan fingerprint density at radius 1 is 0.420 bits per heavy atom. The number of hydrogen-bond donors (Lipinski definition) is 0. The zero-order valence-corrected chi connectivity index (χ0v) is 26.7. The number of aromatic nitrogens is 5. The van der Waals surface area contributed by atoms with Gasteiger partial charge in [0.15, 0.2) is 23.1 Å². The van der Waals surface area contributed by atoms with Crippen molar-refractivity contribution in [1.82, 2.24) is 24.5 Å². The average molecular weight is 642 g/mol. The number of para-hydroxylation sites is 3. The maximum Gasteiger partial charge on any atom is 0.167 e. The van der Waals surface area contributed by atoms with Crippen LogP contribution in [0.4, 0.5) is 0 Å². The van der Waals surface area contributed by atoms with Gasteiger partial charge in [-0.15, -0.1) is 0 Å². The number of benzene rings is 6. The number of furan rings is 1. The van der Waals surface area contributed by atoms with Crippen molar-refractivity contribution in [1.29, 1.82) is 0 Å². The molecule has 6 heteroatoms. The Labute approximate surface area is 287 Å². The van der Waals surface area contributed by atoms with Crippen LogP contribution in [-0.4, -0.2) is 24.5 Å². The summed E-state index contributed by atoms with van der Waals surface area (Å²) in [7, 11) is 0. The second kappa shape index (κ2) is 11.4. The maximum absolute atomic E-state index is 6.91. The highest BCUT2D eigenvalue weighted by Gasteiger charge is 2.21. The van der Waals surface area contributed by atoms with Crippen LogP contribution in [0.2, 0.25) is 0 Å². The van der Waals surface area contributed by atoms with E-state index in [0.717, 1.165) is 77.4 Å². The first-order valence-corrected chi connectivity index (χ1v) is 16.6. The molecule has 50 heavy (non-hydrogen) atoms. The minimum absolute atomic E-state index is 0.545. The summed E-state index contributed by atoms with van der Waals surface area (Å²) in [6.07, 6.45) is 1.84. The molecular weight excluding hydrogens is 615 g/mol. The van der Waals surface area contributed by atoms with Gasteiger partial charge in [-0.05, 0) is 47.5 Å². The molecule has 0 fully saturated rings. The topological polar surface area (TPSA) is 69.6 Å². The van der Waals surface area contributed by atoms with Crippen LogP contribution >= 0.6 is 0 Å². The van der Waals surface area contributed by atoms with Crippen LogP contribution in [0, 0.1) is 0 Å². The molecule has 10 rings (SSSR count). The van der Waals surface area contributed by atoms with Gasteiger partial charge in [0.05, 0.1) is 16.8 Å². The molecule has 4 heterocycles. The Morgan fingerprint density at radius 3 is 1.86 bits per heavy atom. The van der Waals surface area contributed by atoms with Crippen molar-refractivity contribution < 1.29 is 4.42 Å². The molecule has 0 spiro atoms. The predicted octanol–water partition coefficient (Wildman–Crippen LogP) is 10.9. The van der Waals surface area contributed by atoms with E-state index in [4.69, 9.17) is 24.4 Å². The number of hydrogen-bond acceptors (Lipinski definition) is 5. The van der Waals surface area contributed by atoms with E-state index in [0.29, 0.717) is 17.5 Å². The van der Waals surface area contributed by atoms with Crippen LogP contribution in [-0.2, 0) is 0 Å². The molecule has 10 aromatic rings. The average Bonchev–Trinajstić information content (AvgIpc) is 3.75. The van der Waals surface area contributed by atoms with Gasteiger partial charge in [-0.2, -0.15) is 0 Å². The molecule has 0 saturated carbocycles. The van der Waals surface area contributed by atoms with Gasteiger partial charge in [0.1, 0.15) is 11.2 Å². The zero-order valence-electron chi connectivity index (χ0n) is 26.7. The van der Waals surface area contributed by atoms with E-state index in [-0.39, 0.29) is 0 Å². The molecule has 0 aliphatic rings. The van der Waals surface area contributed by atoms with Gasteiger partial charge in [0.25, 0.3) is 0 Å². The summed E-state index contributed by atoms with van der Waals surface area (Å²) >= 11 is 0. The van der Waals surface area contributed by atoms with Crippen molar-refractivity contribution >= 4 is 43.9 Å². The van der Waals surface area contributed by atoms with Gasteiger partial charge >= 0.3 is 0 Å².